The molecule has 4 aliphatic carbocycles. The molecule has 0 saturated carbocycles. The third kappa shape index (κ3) is 9.29. The van der Waals surface area contributed by atoms with Crippen molar-refractivity contribution in [2.75, 3.05) is 0 Å². The average Bonchev–Trinajstić information content (AvgIpc) is 0.999. The van der Waals surface area contributed by atoms with E-state index in [9.17, 15) is 34.1 Å². The van der Waals surface area contributed by atoms with Crippen molar-refractivity contribution in [1.82, 2.24) is 0 Å². The van der Waals surface area contributed by atoms with Crippen LogP contribution in [0, 0.1) is 10.8 Å². The van der Waals surface area contributed by atoms with E-state index in [1.54, 1.807) is 0 Å². The Hall–Kier alpha value is -5.57. The molecule has 0 spiro atoms. The normalized spacial score (nSPS) is 19.1. The Morgan fingerprint density at radius 1 is 0.269 bits per heavy atom. The van der Waals surface area contributed by atoms with E-state index in [0.29, 0.717) is 0 Å². The standard InChI is InChI=1S/2C23H21.2C22H21Si.2C2H7Si.4ClH.2Zr/c4*1-23(2,3)18-14-17-10-7-13-21(22(17)15-18)20-12-6-9-16-8-4-5-11-19(16)20;2*1-3-2;;;;;;/h4*4-15H,1-3H3;2*3H,1-2H3;4*1H;;/q;;;;;;;;;;2*+2/p-4. The maximum absolute atomic E-state index is 12.0. The summed E-state index contributed by atoms with van der Waals surface area (Å²) in [5.41, 5.74) is 20.7. The molecule has 0 fully saturated rings. The Labute approximate surface area is 626 Å². The fourth-order valence-corrected chi connectivity index (χ4v) is 541. The van der Waals surface area contributed by atoms with Crippen LogP contribution in [0.3, 0.4) is 0 Å². The molecule has 0 nitrogen and oxygen atoms in total. The first kappa shape index (κ1) is 72.6. The van der Waals surface area contributed by atoms with Crippen molar-refractivity contribution in [2.24, 2.45) is 10.8 Å². The topological polar surface area (TPSA) is 0 Å². The SMILES string of the molecule is C[SiH](C)[Zr]([Cl])([Cl])([CH]1C(C(C)(C)C)=Cc2c(-c3cccc4ccccc34)cccc21)([CH]1C(C(C)(C)C)=Cc2c(-c3cccc4ccccc34)cccc21)[Zr]([Cl])([Cl])([CH]1C([Si](C)(C)C)=Cc2c(-c3cccc4ccccc34)cccc21)([CH]1C([Si](C)(C)C)=Cc2c(-c3cccc4ccccc34)cccc21)[SiH](C)C. The van der Waals surface area contributed by atoms with Crippen LogP contribution in [0.4, 0.5) is 0 Å². The summed E-state index contributed by atoms with van der Waals surface area (Å²) in [7, 11) is 25.9. The molecule has 4 aliphatic rings. The van der Waals surface area contributed by atoms with Crippen molar-refractivity contribution < 1.29 is 18.6 Å². The number of halogens is 4. The average molecular weight is 1660 g/mol. The number of benzene rings is 12. The molecule has 0 radical (unpaired) electrons. The third-order valence-electron chi connectivity index (χ3n) is 27.1. The van der Waals surface area contributed by atoms with Crippen molar-refractivity contribution in [3.8, 4) is 44.5 Å². The zero-order valence-electron chi connectivity index (χ0n) is 63.4. The van der Waals surface area contributed by atoms with E-state index in [1.165, 1.54) is 154 Å². The summed E-state index contributed by atoms with van der Waals surface area (Å²) in [5, 5.41) is 12.5. The molecule has 0 saturated heterocycles. The molecule has 16 rings (SSSR count). The molecular formula is C94H98Cl4Si4Zr2. The van der Waals surface area contributed by atoms with Crippen molar-refractivity contribution in [2.45, 2.75) is 122 Å². The minimum atomic E-state index is -8.38. The van der Waals surface area contributed by atoms with E-state index in [1.807, 2.05) is 0 Å². The molecule has 12 aromatic rings. The van der Waals surface area contributed by atoms with Gasteiger partial charge >= 0.3 is 634 Å². The predicted octanol–water partition coefficient (Wildman–Crippen LogP) is 29.6. The van der Waals surface area contributed by atoms with Crippen molar-refractivity contribution in [3.63, 3.8) is 0 Å². The summed E-state index contributed by atoms with van der Waals surface area (Å²) in [4.78, 5) is 0. The first-order chi connectivity index (χ1) is 49.1. The second-order valence-corrected chi connectivity index (χ2v) is 221. The second-order valence-electron chi connectivity index (χ2n) is 36.5. The van der Waals surface area contributed by atoms with Gasteiger partial charge in [-0.25, -0.2) is 0 Å². The van der Waals surface area contributed by atoms with Crippen LogP contribution in [-0.4, -0.2) is 28.0 Å². The van der Waals surface area contributed by atoms with Gasteiger partial charge in [0, 0.05) is 0 Å². The fourth-order valence-electron chi connectivity index (χ4n) is 22.5. The number of hydrogen-bond donors (Lipinski definition) is 0. The molecule has 0 bridgehead atoms. The molecule has 0 aromatic heterocycles. The maximum atomic E-state index is 12.0. The first-order valence-electron chi connectivity index (χ1n) is 37.9. The quantitative estimate of drug-likeness (QED) is 0.101. The third-order valence-corrected chi connectivity index (χ3v) is 447. The summed E-state index contributed by atoms with van der Waals surface area (Å²) >= 11 is 0. The first-order valence-corrected chi connectivity index (χ1v) is 86.1. The van der Waals surface area contributed by atoms with Crippen molar-refractivity contribution in [1.29, 1.82) is 0 Å². The van der Waals surface area contributed by atoms with E-state index in [2.05, 4.69) is 374 Å². The summed E-state index contributed by atoms with van der Waals surface area (Å²) in [6.45, 7) is 40.9. The van der Waals surface area contributed by atoms with Crippen molar-refractivity contribution in [3.05, 3.63) is 309 Å². The molecule has 4 atom stereocenters. The van der Waals surface area contributed by atoms with E-state index in [4.69, 9.17) is 0 Å². The van der Waals surface area contributed by atoms with Crippen LogP contribution in [0.2, 0.25) is 65.5 Å². The van der Waals surface area contributed by atoms with Gasteiger partial charge < -0.3 is 0 Å². The van der Waals surface area contributed by atoms with E-state index in [0.717, 1.165) is 0 Å². The zero-order chi connectivity index (χ0) is 73.6. The van der Waals surface area contributed by atoms with Gasteiger partial charge in [-0.3, -0.25) is 0 Å². The van der Waals surface area contributed by atoms with Crippen LogP contribution in [-0.2, 0) is 18.6 Å². The predicted molar refractivity (Wildman–Crippen MR) is 467 cm³/mol. The van der Waals surface area contributed by atoms with Crippen LogP contribution < -0.4 is 0 Å². The summed E-state index contributed by atoms with van der Waals surface area (Å²) < 4.78 is -2.27. The van der Waals surface area contributed by atoms with Crippen LogP contribution in [0.5, 0.6) is 0 Å². The van der Waals surface area contributed by atoms with Gasteiger partial charge in [-0.05, 0) is 0 Å². The Balaban J connectivity index is 1.20. The molecule has 0 N–H and O–H groups in total. The van der Waals surface area contributed by atoms with Crippen molar-refractivity contribution >= 4 is 129 Å². The molecular weight excluding hydrogens is 1570 g/mol. The molecule has 10 heteroatoms. The molecule has 0 aliphatic heterocycles. The number of fused-ring (bicyclic) bond motifs is 8. The van der Waals surface area contributed by atoms with Gasteiger partial charge in [-0.1, -0.05) is 0 Å². The van der Waals surface area contributed by atoms with Crippen LogP contribution in [0.25, 0.3) is 112 Å². The van der Waals surface area contributed by atoms with Gasteiger partial charge in [0.15, 0.2) is 0 Å². The Morgan fingerprint density at radius 2 is 0.481 bits per heavy atom. The van der Waals surface area contributed by atoms with E-state index in [-0.39, 0.29) is 0 Å². The summed E-state index contributed by atoms with van der Waals surface area (Å²) in [6.07, 6.45) is 10.7. The molecule has 526 valence electrons. The van der Waals surface area contributed by atoms with Crippen LogP contribution in [0.1, 0.15) is 101 Å². The monoisotopic (exact) mass is 1660 g/mol. The van der Waals surface area contributed by atoms with Gasteiger partial charge in [-0.2, -0.15) is 0 Å². The van der Waals surface area contributed by atoms with Crippen LogP contribution in [0.15, 0.2) is 264 Å². The molecule has 0 heterocycles. The minimum absolute atomic E-state index is 0.528. The Kier molecular flexibility index (Phi) is 16.7. The van der Waals surface area contributed by atoms with Gasteiger partial charge in [0.2, 0.25) is 0 Å². The zero-order valence-corrected chi connectivity index (χ0v) is 75.6. The fraction of sp³-hybridized carbons (Fsp3) is 0.234. The summed E-state index contributed by atoms with van der Waals surface area (Å²) in [5.74, 6) is -6.18. The number of hydrogen-bond acceptors (Lipinski definition) is 0. The Bertz CT molecular complexity index is 5130. The van der Waals surface area contributed by atoms with Gasteiger partial charge in [0.25, 0.3) is 0 Å². The molecule has 4 unspecified atom stereocenters. The van der Waals surface area contributed by atoms with Gasteiger partial charge in [0.05, 0.1) is 0 Å². The molecule has 104 heavy (non-hydrogen) atoms. The number of rotatable bonds is 13. The van der Waals surface area contributed by atoms with Crippen LogP contribution >= 0.6 is 34.1 Å². The van der Waals surface area contributed by atoms with Gasteiger partial charge in [-0.15, -0.1) is 0 Å². The van der Waals surface area contributed by atoms with E-state index >= 15 is 0 Å². The molecule has 0 amide bonds. The Morgan fingerprint density at radius 3 is 0.731 bits per heavy atom. The second kappa shape index (κ2) is 24.0. The number of allylic oxidation sites excluding steroid dienone is 4. The van der Waals surface area contributed by atoms with E-state index < -0.39 is 71.9 Å². The molecule has 12 aromatic carbocycles. The summed E-state index contributed by atoms with van der Waals surface area (Å²) in [6, 6.07) is 92.1. The van der Waals surface area contributed by atoms with Gasteiger partial charge in [0.1, 0.15) is 0 Å².